The number of fused-ring (bicyclic) bond motifs is 1. The number of aryl methyl sites for hydroxylation is 1. The van der Waals surface area contributed by atoms with Gasteiger partial charge >= 0.3 is 0 Å². The number of rotatable bonds is 3. The maximum absolute atomic E-state index is 10.7. The Balaban J connectivity index is 1.68. The number of benzene rings is 1. The summed E-state index contributed by atoms with van der Waals surface area (Å²) in [5.74, 6) is 1.05. The van der Waals surface area contributed by atoms with E-state index in [0.717, 1.165) is 29.7 Å². The second-order valence-electron chi connectivity index (χ2n) is 5.28. The number of H-pyrrole nitrogens is 1. The van der Waals surface area contributed by atoms with Crippen LogP contribution in [0.15, 0.2) is 40.8 Å². The van der Waals surface area contributed by atoms with Crippen LogP contribution in [0.2, 0.25) is 0 Å². The minimum absolute atomic E-state index is 0.346. The molecule has 0 radical (unpaired) electrons. The van der Waals surface area contributed by atoms with Gasteiger partial charge in [0.1, 0.15) is 5.76 Å². The van der Waals surface area contributed by atoms with Gasteiger partial charge in [-0.1, -0.05) is 24.3 Å². The number of aromatic amines is 1. The first kappa shape index (κ1) is 12.1. The molecule has 3 aromatic rings. The zero-order valence-electron chi connectivity index (χ0n) is 11.4. The summed E-state index contributed by atoms with van der Waals surface area (Å²) in [5.41, 5.74) is 5.75. The predicted octanol–water partition coefficient (Wildman–Crippen LogP) is 3.64. The molecule has 1 aliphatic rings. The van der Waals surface area contributed by atoms with Crippen LogP contribution in [0.4, 0.5) is 0 Å². The van der Waals surface area contributed by atoms with Crippen molar-refractivity contribution in [1.82, 2.24) is 10.2 Å². The van der Waals surface area contributed by atoms with Gasteiger partial charge in [-0.15, -0.1) is 0 Å². The average molecular weight is 278 g/mol. The van der Waals surface area contributed by atoms with Crippen LogP contribution in [0.5, 0.6) is 0 Å². The molecule has 104 valence electrons. The highest BCUT2D eigenvalue weighted by molar-refractivity contribution is 5.74. The number of nitrogens with one attached hydrogen (secondary N) is 1. The number of carbonyl (C=O) groups is 1. The van der Waals surface area contributed by atoms with E-state index in [1.165, 1.54) is 17.7 Å². The first-order valence-corrected chi connectivity index (χ1v) is 7.07. The van der Waals surface area contributed by atoms with E-state index in [4.69, 9.17) is 4.42 Å². The molecule has 1 N–H and O–H groups in total. The normalized spacial score (nSPS) is 13.3. The molecule has 0 saturated carbocycles. The van der Waals surface area contributed by atoms with Crippen molar-refractivity contribution in [2.45, 2.75) is 19.3 Å². The third-order valence-corrected chi connectivity index (χ3v) is 3.99. The SMILES string of the molecule is O=Cc1ccc(-c2ccc(-c3n[nH]c4c3CCC4)cc2)o1. The molecule has 1 aliphatic carbocycles. The molecular weight excluding hydrogens is 264 g/mol. The lowest BCUT2D eigenvalue weighted by Crippen LogP contribution is -1.85. The van der Waals surface area contributed by atoms with Crippen LogP contribution >= 0.6 is 0 Å². The number of aldehydes is 1. The standard InChI is InChI=1S/C17H14N2O2/c20-10-13-8-9-16(21-13)11-4-6-12(7-5-11)17-14-2-1-3-15(14)18-19-17/h4-10H,1-3H2,(H,18,19). The fourth-order valence-corrected chi connectivity index (χ4v) is 2.92. The molecule has 4 heteroatoms. The maximum Gasteiger partial charge on any atom is 0.185 e. The van der Waals surface area contributed by atoms with Gasteiger partial charge in [0.2, 0.25) is 0 Å². The van der Waals surface area contributed by atoms with E-state index in [2.05, 4.69) is 10.2 Å². The van der Waals surface area contributed by atoms with E-state index in [1.807, 2.05) is 30.3 Å². The molecule has 0 fully saturated rings. The van der Waals surface area contributed by atoms with Gasteiger partial charge in [-0.3, -0.25) is 9.89 Å². The Kier molecular flexibility index (Phi) is 2.74. The maximum atomic E-state index is 10.7. The zero-order chi connectivity index (χ0) is 14.2. The lowest BCUT2D eigenvalue weighted by molar-refractivity contribution is 0.110. The smallest absolute Gasteiger partial charge is 0.185 e. The number of furan rings is 1. The van der Waals surface area contributed by atoms with Crippen molar-refractivity contribution in [3.05, 3.63) is 53.4 Å². The van der Waals surface area contributed by atoms with E-state index in [1.54, 1.807) is 6.07 Å². The van der Waals surface area contributed by atoms with Crippen LogP contribution in [0, 0.1) is 0 Å². The summed E-state index contributed by atoms with van der Waals surface area (Å²) in [6, 6.07) is 11.6. The molecule has 0 saturated heterocycles. The van der Waals surface area contributed by atoms with Crippen LogP contribution < -0.4 is 0 Å². The summed E-state index contributed by atoms with van der Waals surface area (Å²) in [6.45, 7) is 0. The van der Waals surface area contributed by atoms with Crippen LogP contribution in [0.25, 0.3) is 22.6 Å². The number of hydrogen-bond acceptors (Lipinski definition) is 3. The second kappa shape index (κ2) is 4.74. The molecule has 1 aromatic carbocycles. The van der Waals surface area contributed by atoms with Gasteiger partial charge in [0.15, 0.2) is 12.0 Å². The summed E-state index contributed by atoms with van der Waals surface area (Å²) in [5, 5.41) is 7.57. The summed E-state index contributed by atoms with van der Waals surface area (Å²) in [6.07, 6.45) is 4.12. The Labute approximate surface area is 121 Å². The largest absolute Gasteiger partial charge is 0.453 e. The van der Waals surface area contributed by atoms with Crippen molar-refractivity contribution in [3.8, 4) is 22.6 Å². The molecule has 0 amide bonds. The number of carbonyl (C=O) groups excluding carboxylic acids is 1. The van der Waals surface area contributed by atoms with E-state index in [9.17, 15) is 4.79 Å². The molecule has 0 unspecified atom stereocenters. The van der Waals surface area contributed by atoms with Crippen molar-refractivity contribution in [2.24, 2.45) is 0 Å². The van der Waals surface area contributed by atoms with Crippen LogP contribution in [0.3, 0.4) is 0 Å². The van der Waals surface area contributed by atoms with Crippen LogP contribution in [-0.4, -0.2) is 16.5 Å². The van der Waals surface area contributed by atoms with Gasteiger partial charge in [-0.25, -0.2) is 0 Å². The van der Waals surface area contributed by atoms with Gasteiger partial charge in [-0.2, -0.15) is 5.10 Å². The van der Waals surface area contributed by atoms with Crippen molar-refractivity contribution in [2.75, 3.05) is 0 Å². The predicted molar refractivity (Wildman–Crippen MR) is 79.1 cm³/mol. The van der Waals surface area contributed by atoms with Crippen molar-refractivity contribution < 1.29 is 9.21 Å². The van der Waals surface area contributed by atoms with Crippen LogP contribution in [-0.2, 0) is 12.8 Å². The Bertz CT molecular complexity index is 797. The topological polar surface area (TPSA) is 58.9 Å². The average Bonchev–Trinajstić information content (AvgIpc) is 3.23. The van der Waals surface area contributed by atoms with Gasteiger partial charge < -0.3 is 4.42 Å². The lowest BCUT2D eigenvalue weighted by Gasteiger charge is -2.02. The molecule has 0 aliphatic heterocycles. The summed E-state index contributed by atoms with van der Waals surface area (Å²) in [7, 11) is 0. The van der Waals surface area contributed by atoms with Crippen molar-refractivity contribution in [1.29, 1.82) is 0 Å². The summed E-state index contributed by atoms with van der Waals surface area (Å²) in [4.78, 5) is 10.7. The van der Waals surface area contributed by atoms with Gasteiger partial charge in [-0.05, 0) is 31.4 Å². The molecule has 4 nitrogen and oxygen atoms in total. The Morgan fingerprint density at radius 1 is 1.05 bits per heavy atom. The Morgan fingerprint density at radius 2 is 1.86 bits per heavy atom. The highest BCUT2D eigenvalue weighted by Crippen LogP contribution is 2.31. The Hall–Kier alpha value is -2.62. The molecule has 0 atom stereocenters. The quantitative estimate of drug-likeness (QED) is 0.744. The van der Waals surface area contributed by atoms with E-state index in [-0.39, 0.29) is 0 Å². The van der Waals surface area contributed by atoms with E-state index < -0.39 is 0 Å². The summed E-state index contributed by atoms with van der Waals surface area (Å²) < 4.78 is 5.43. The first-order valence-electron chi connectivity index (χ1n) is 7.07. The second-order valence-corrected chi connectivity index (χ2v) is 5.28. The highest BCUT2D eigenvalue weighted by atomic mass is 16.3. The zero-order valence-corrected chi connectivity index (χ0v) is 11.4. The van der Waals surface area contributed by atoms with Crippen molar-refractivity contribution in [3.63, 3.8) is 0 Å². The third kappa shape index (κ3) is 2.00. The molecule has 0 spiro atoms. The van der Waals surface area contributed by atoms with Crippen LogP contribution in [0.1, 0.15) is 28.2 Å². The van der Waals surface area contributed by atoms with Crippen molar-refractivity contribution >= 4 is 6.29 Å². The highest BCUT2D eigenvalue weighted by Gasteiger charge is 2.19. The third-order valence-electron chi connectivity index (χ3n) is 3.99. The molecule has 0 bridgehead atoms. The van der Waals surface area contributed by atoms with Gasteiger partial charge in [0.05, 0.1) is 5.69 Å². The fraction of sp³-hybridized carbons (Fsp3) is 0.176. The van der Waals surface area contributed by atoms with Gasteiger partial charge in [0, 0.05) is 22.4 Å². The minimum Gasteiger partial charge on any atom is -0.453 e. The molecule has 2 heterocycles. The van der Waals surface area contributed by atoms with E-state index >= 15 is 0 Å². The number of hydrogen-bond donors (Lipinski definition) is 1. The Morgan fingerprint density at radius 3 is 2.62 bits per heavy atom. The fourth-order valence-electron chi connectivity index (χ4n) is 2.92. The number of aromatic nitrogens is 2. The van der Waals surface area contributed by atoms with E-state index in [0.29, 0.717) is 17.8 Å². The number of nitrogens with zero attached hydrogens (tertiary/aromatic N) is 1. The molecular formula is C17H14N2O2. The molecule has 4 rings (SSSR count). The summed E-state index contributed by atoms with van der Waals surface area (Å²) >= 11 is 0. The first-order chi connectivity index (χ1) is 10.3. The molecule has 21 heavy (non-hydrogen) atoms. The lowest BCUT2D eigenvalue weighted by atomic mass is 10.0. The monoisotopic (exact) mass is 278 g/mol. The minimum atomic E-state index is 0.346. The van der Waals surface area contributed by atoms with Gasteiger partial charge in [0.25, 0.3) is 0 Å². The molecule has 2 aromatic heterocycles.